The largest absolute Gasteiger partial charge is 0.480 e. The molecular formula is C21H18N4O7. The van der Waals surface area contributed by atoms with Crippen LogP contribution in [0.3, 0.4) is 0 Å². The molecule has 164 valence electrons. The summed E-state index contributed by atoms with van der Waals surface area (Å²) in [7, 11) is 5.03. The van der Waals surface area contributed by atoms with E-state index in [4.69, 9.17) is 18.9 Å². The van der Waals surface area contributed by atoms with E-state index in [1.54, 1.807) is 30.1 Å². The van der Waals surface area contributed by atoms with Gasteiger partial charge in [-0.25, -0.2) is 29.4 Å². The number of allylic oxidation sites excluding steroid dienone is 2. The van der Waals surface area contributed by atoms with Gasteiger partial charge in [-0.05, 0) is 19.1 Å². The number of ether oxygens (including phenoxy) is 4. The first kappa shape index (κ1) is 21.0. The summed E-state index contributed by atoms with van der Waals surface area (Å²) < 4.78 is 20.1. The predicted molar refractivity (Wildman–Crippen MR) is 111 cm³/mol. The van der Waals surface area contributed by atoms with Gasteiger partial charge in [-0.3, -0.25) is 4.90 Å². The van der Waals surface area contributed by atoms with Crippen LogP contribution in [0.15, 0.2) is 45.2 Å². The first-order valence-corrected chi connectivity index (χ1v) is 9.32. The van der Waals surface area contributed by atoms with E-state index >= 15 is 0 Å². The van der Waals surface area contributed by atoms with Crippen molar-refractivity contribution in [3.63, 3.8) is 0 Å². The maximum atomic E-state index is 12.6. The maximum absolute atomic E-state index is 12.6. The zero-order valence-electron chi connectivity index (χ0n) is 17.9. The van der Waals surface area contributed by atoms with Crippen molar-refractivity contribution in [3.8, 4) is 5.88 Å². The summed E-state index contributed by atoms with van der Waals surface area (Å²) in [6.45, 7) is 1.63. The Morgan fingerprint density at radius 3 is 2.25 bits per heavy atom. The van der Waals surface area contributed by atoms with Gasteiger partial charge in [0.2, 0.25) is 5.88 Å². The van der Waals surface area contributed by atoms with Crippen LogP contribution in [0.4, 0.5) is 5.69 Å². The topological polar surface area (TPSA) is 129 Å². The van der Waals surface area contributed by atoms with Gasteiger partial charge in [0.15, 0.2) is 11.5 Å². The summed E-state index contributed by atoms with van der Waals surface area (Å²) >= 11 is 0. The second-order valence-corrected chi connectivity index (χ2v) is 6.66. The number of aryl methyl sites for hydroxylation is 1. The molecule has 32 heavy (non-hydrogen) atoms. The quantitative estimate of drug-likeness (QED) is 0.505. The minimum atomic E-state index is -0.842. The SMILES string of the molecule is COC(=O)C1=C(C(=O)OC)C2=CC=CC3=Nc4c(C(=O)OC)c(C)nc(OC)c4C(=N1)N23. The lowest BCUT2D eigenvalue weighted by molar-refractivity contribution is -0.139. The second-order valence-electron chi connectivity index (χ2n) is 6.66. The molecule has 0 fully saturated rings. The molecule has 0 spiro atoms. The molecule has 0 bridgehead atoms. The van der Waals surface area contributed by atoms with Gasteiger partial charge in [0.1, 0.15) is 22.5 Å². The summed E-state index contributed by atoms with van der Waals surface area (Å²) in [4.78, 5) is 52.7. The fourth-order valence-corrected chi connectivity index (χ4v) is 3.64. The molecule has 0 aliphatic carbocycles. The number of aliphatic imine (C=N–C) groups is 2. The zero-order valence-corrected chi connectivity index (χ0v) is 17.9. The standard InChI is InChI=1S/C21H18N4O7/c1-9-12(19(26)30-3)15-14(18(22-9)29-2)17-24-16(21(28)32-5)13(20(27)31-4)10-7-6-8-11(23-15)25(10)17/h6-8H,1-5H3. The third kappa shape index (κ3) is 2.89. The number of hydrogen-bond acceptors (Lipinski definition) is 11. The fraction of sp³-hybridized carbons (Fsp3) is 0.238. The third-order valence-corrected chi connectivity index (χ3v) is 5.01. The molecular weight excluding hydrogens is 420 g/mol. The smallest absolute Gasteiger partial charge is 0.357 e. The molecule has 4 rings (SSSR count). The van der Waals surface area contributed by atoms with E-state index in [0.717, 1.165) is 0 Å². The summed E-state index contributed by atoms with van der Waals surface area (Å²) in [5, 5.41) is 0. The molecule has 4 heterocycles. The van der Waals surface area contributed by atoms with Gasteiger partial charge in [0, 0.05) is 0 Å². The van der Waals surface area contributed by atoms with Crippen molar-refractivity contribution in [3.05, 3.63) is 52.0 Å². The monoisotopic (exact) mass is 438 g/mol. The first-order valence-electron chi connectivity index (χ1n) is 9.32. The number of esters is 3. The van der Waals surface area contributed by atoms with E-state index in [2.05, 4.69) is 15.0 Å². The molecule has 3 aliphatic heterocycles. The summed E-state index contributed by atoms with van der Waals surface area (Å²) in [6, 6.07) is 0. The van der Waals surface area contributed by atoms with Crippen molar-refractivity contribution in [2.24, 2.45) is 9.98 Å². The Labute approximate surface area is 182 Å². The lowest BCUT2D eigenvalue weighted by Crippen LogP contribution is -2.44. The Kier molecular flexibility index (Phi) is 5.09. The van der Waals surface area contributed by atoms with Crippen LogP contribution in [0, 0.1) is 6.92 Å². The number of fused-ring (bicyclic) bond motifs is 2. The predicted octanol–water partition coefficient (Wildman–Crippen LogP) is 1.34. The Morgan fingerprint density at radius 1 is 0.938 bits per heavy atom. The molecule has 1 aromatic heterocycles. The van der Waals surface area contributed by atoms with Gasteiger partial charge < -0.3 is 18.9 Å². The number of carbonyl (C=O) groups is 3. The number of nitrogens with zero attached hydrogens (tertiary/aromatic N) is 4. The van der Waals surface area contributed by atoms with Crippen LogP contribution in [-0.2, 0) is 23.8 Å². The van der Waals surface area contributed by atoms with Crippen molar-refractivity contribution >= 4 is 35.3 Å². The van der Waals surface area contributed by atoms with E-state index in [-0.39, 0.29) is 39.8 Å². The highest BCUT2D eigenvalue weighted by Gasteiger charge is 2.43. The van der Waals surface area contributed by atoms with E-state index in [1.807, 2.05) is 0 Å². The van der Waals surface area contributed by atoms with Gasteiger partial charge >= 0.3 is 17.9 Å². The lowest BCUT2D eigenvalue weighted by atomic mass is 9.97. The van der Waals surface area contributed by atoms with Crippen molar-refractivity contribution in [1.29, 1.82) is 0 Å². The van der Waals surface area contributed by atoms with Crippen molar-refractivity contribution in [2.45, 2.75) is 6.92 Å². The highest BCUT2D eigenvalue weighted by atomic mass is 16.5. The Bertz CT molecular complexity index is 1240. The molecule has 0 amide bonds. The number of rotatable bonds is 4. The van der Waals surface area contributed by atoms with E-state index in [0.29, 0.717) is 17.2 Å². The van der Waals surface area contributed by atoms with Gasteiger partial charge in [-0.1, -0.05) is 6.08 Å². The normalized spacial score (nSPS) is 15.7. The molecule has 0 aromatic carbocycles. The van der Waals surface area contributed by atoms with Crippen LogP contribution in [0.25, 0.3) is 0 Å². The molecule has 0 atom stereocenters. The van der Waals surface area contributed by atoms with Crippen LogP contribution >= 0.6 is 0 Å². The van der Waals surface area contributed by atoms with Gasteiger partial charge in [0.25, 0.3) is 0 Å². The number of aromatic nitrogens is 1. The molecule has 0 saturated heterocycles. The molecule has 3 aliphatic rings. The second kappa shape index (κ2) is 7.76. The van der Waals surface area contributed by atoms with Crippen molar-refractivity contribution < 1.29 is 33.3 Å². The Balaban J connectivity index is 2.13. The Morgan fingerprint density at radius 2 is 1.62 bits per heavy atom. The molecule has 1 aromatic rings. The van der Waals surface area contributed by atoms with Crippen LogP contribution in [0.2, 0.25) is 0 Å². The van der Waals surface area contributed by atoms with E-state index in [9.17, 15) is 14.4 Å². The summed E-state index contributed by atoms with van der Waals surface area (Å²) in [5.74, 6) is -1.58. The van der Waals surface area contributed by atoms with Crippen LogP contribution < -0.4 is 4.74 Å². The van der Waals surface area contributed by atoms with Gasteiger partial charge in [-0.15, -0.1) is 0 Å². The zero-order chi connectivity index (χ0) is 23.2. The fourth-order valence-electron chi connectivity index (χ4n) is 3.64. The van der Waals surface area contributed by atoms with E-state index < -0.39 is 17.9 Å². The average Bonchev–Trinajstić information content (AvgIpc) is 2.81. The first-order chi connectivity index (χ1) is 15.4. The average molecular weight is 438 g/mol. The molecule has 0 saturated carbocycles. The van der Waals surface area contributed by atoms with Crippen molar-refractivity contribution in [2.75, 3.05) is 28.4 Å². The number of methoxy groups -OCH3 is 4. The molecule has 0 N–H and O–H groups in total. The summed E-state index contributed by atoms with van der Waals surface area (Å²) in [5.41, 5.74) is 0.909. The number of hydrogen-bond donors (Lipinski definition) is 0. The summed E-state index contributed by atoms with van der Waals surface area (Å²) in [6.07, 6.45) is 4.94. The minimum absolute atomic E-state index is 0.0872. The van der Waals surface area contributed by atoms with Crippen LogP contribution in [0.5, 0.6) is 5.88 Å². The number of amidine groups is 2. The van der Waals surface area contributed by atoms with E-state index in [1.165, 1.54) is 28.4 Å². The lowest BCUT2D eigenvalue weighted by Gasteiger charge is -2.37. The highest BCUT2D eigenvalue weighted by molar-refractivity contribution is 6.26. The number of carbonyl (C=O) groups excluding carboxylic acids is 3. The number of pyridine rings is 1. The van der Waals surface area contributed by atoms with Crippen molar-refractivity contribution in [1.82, 2.24) is 9.88 Å². The third-order valence-electron chi connectivity index (χ3n) is 5.01. The van der Waals surface area contributed by atoms with Gasteiger partial charge in [-0.2, -0.15) is 0 Å². The van der Waals surface area contributed by atoms with Crippen LogP contribution in [0.1, 0.15) is 21.6 Å². The van der Waals surface area contributed by atoms with Gasteiger partial charge in [0.05, 0.1) is 45.5 Å². The molecule has 11 heteroatoms. The highest BCUT2D eigenvalue weighted by Crippen LogP contribution is 2.43. The molecule has 0 unspecified atom stereocenters. The minimum Gasteiger partial charge on any atom is -0.480 e. The molecule has 0 radical (unpaired) electrons. The van der Waals surface area contributed by atoms with Crippen LogP contribution in [-0.4, -0.2) is 67.9 Å². The molecule has 11 nitrogen and oxygen atoms in total. The Hall–Kier alpha value is -4.28. The maximum Gasteiger partial charge on any atom is 0.357 e.